The summed E-state index contributed by atoms with van der Waals surface area (Å²) in [6, 6.07) is 5.28. The van der Waals surface area contributed by atoms with E-state index in [2.05, 4.69) is 0 Å². The Morgan fingerprint density at radius 3 is 2.41 bits per heavy atom. The van der Waals surface area contributed by atoms with Crippen LogP contribution in [-0.4, -0.2) is 26.5 Å². The van der Waals surface area contributed by atoms with Gasteiger partial charge in [-0.1, -0.05) is 12.1 Å². The summed E-state index contributed by atoms with van der Waals surface area (Å²) in [5, 5.41) is -0.712. The highest BCUT2D eigenvalue weighted by Crippen LogP contribution is 2.24. The first kappa shape index (κ1) is 14.0. The highest BCUT2D eigenvalue weighted by Gasteiger charge is 2.21. The second kappa shape index (κ2) is 5.06. The van der Waals surface area contributed by atoms with Gasteiger partial charge in [0.2, 0.25) is 15.3 Å². The fraction of sp³-hybridized carbons (Fsp3) is 0.364. The average molecular weight is 276 g/mol. The van der Waals surface area contributed by atoms with Crippen LogP contribution in [-0.2, 0) is 14.8 Å². The van der Waals surface area contributed by atoms with E-state index in [1.165, 1.54) is 0 Å². The number of carbonyl (C=O) groups is 1. The first-order chi connectivity index (χ1) is 7.73. The highest BCUT2D eigenvalue weighted by molar-refractivity contribution is 7.92. The Labute approximate surface area is 106 Å². The molecule has 1 aromatic carbocycles. The van der Waals surface area contributed by atoms with Crippen molar-refractivity contribution in [2.75, 3.05) is 17.1 Å². The molecular formula is C11H14ClNO3S. The third-order valence-electron chi connectivity index (χ3n) is 2.51. The topological polar surface area (TPSA) is 54.5 Å². The van der Waals surface area contributed by atoms with E-state index in [4.69, 9.17) is 11.6 Å². The molecule has 0 aliphatic heterocycles. The van der Waals surface area contributed by atoms with Crippen LogP contribution in [0.2, 0.25) is 0 Å². The summed E-state index contributed by atoms with van der Waals surface area (Å²) >= 11 is 5.28. The molecule has 0 fully saturated rings. The Kier molecular flexibility index (Phi) is 4.16. The maximum absolute atomic E-state index is 11.6. The monoisotopic (exact) mass is 275 g/mol. The molecule has 0 atom stereocenters. The van der Waals surface area contributed by atoms with E-state index in [-0.39, 0.29) is 6.54 Å². The van der Waals surface area contributed by atoms with Crippen LogP contribution >= 0.6 is 11.6 Å². The quantitative estimate of drug-likeness (QED) is 0.788. The molecule has 0 aliphatic carbocycles. The van der Waals surface area contributed by atoms with Crippen LogP contribution < -0.4 is 4.31 Å². The van der Waals surface area contributed by atoms with E-state index < -0.39 is 15.3 Å². The predicted molar refractivity (Wildman–Crippen MR) is 69.0 cm³/mol. The Morgan fingerprint density at radius 2 is 1.94 bits per heavy atom. The molecule has 6 heteroatoms. The average Bonchev–Trinajstić information content (AvgIpc) is 2.17. The van der Waals surface area contributed by atoms with Crippen LogP contribution in [0.15, 0.2) is 18.2 Å². The van der Waals surface area contributed by atoms with Gasteiger partial charge in [0, 0.05) is 0 Å². The van der Waals surface area contributed by atoms with Crippen LogP contribution in [0, 0.1) is 13.8 Å². The normalized spacial score (nSPS) is 11.3. The van der Waals surface area contributed by atoms with Crippen molar-refractivity contribution >= 4 is 32.6 Å². The lowest BCUT2D eigenvalue weighted by Crippen LogP contribution is -2.34. The Morgan fingerprint density at radius 1 is 1.35 bits per heavy atom. The van der Waals surface area contributed by atoms with E-state index in [9.17, 15) is 13.2 Å². The molecule has 0 N–H and O–H groups in total. The Balaban J connectivity index is 3.32. The van der Waals surface area contributed by atoms with Gasteiger partial charge in [-0.15, -0.1) is 0 Å². The van der Waals surface area contributed by atoms with Gasteiger partial charge in [0.05, 0.1) is 11.9 Å². The number of halogens is 1. The first-order valence-electron chi connectivity index (χ1n) is 4.95. The third-order valence-corrected chi connectivity index (χ3v) is 3.76. The summed E-state index contributed by atoms with van der Waals surface area (Å²) < 4.78 is 24.3. The molecule has 0 aliphatic rings. The zero-order valence-corrected chi connectivity index (χ0v) is 11.5. The molecule has 0 spiro atoms. The van der Waals surface area contributed by atoms with Gasteiger partial charge < -0.3 is 0 Å². The molecular weight excluding hydrogens is 262 g/mol. The number of nitrogens with zero attached hydrogens (tertiary/aromatic N) is 1. The standard InChI is InChI=1S/C11H14ClNO3S/c1-8-5-4-6-10(9(8)2)13(7-11(12)14)17(3,15)16/h4-6H,7H2,1-3H3. The van der Waals surface area contributed by atoms with Crippen molar-refractivity contribution < 1.29 is 13.2 Å². The summed E-state index contributed by atoms with van der Waals surface area (Å²) in [6.07, 6.45) is 1.05. The Hall–Kier alpha value is -1.07. The molecule has 0 saturated heterocycles. The van der Waals surface area contributed by atoms with Crippen molar-refractivity contribution in [1.29, 1.82) is 0 Å². The van der Waals surface area contributed by atoms with Gasteiger partial charge in [-0.05, 0) is 42.6 Å². The molecule has 0 saturated carbocycles. The van der Waals surface area contributed by atoms with Gasteiger partial charge in [-0.25, -0.2) is 8.42 Å². The number of carbonyl (C=O) groups excluding carboxylic acids is 1. The van der Waals surface area contributed by atoms with E-state index in [1.54, 1.807) is 12.1 Å². The zero-order chi connectivity index (χ0) is 13.2. The number of hydrogen-bond donors (Lipinski definition) is 0. The number of sulfonamides is 1. The van der Waals surface area contributed by atoms with Gasteiger partial charge in [-0.2, -0.15) is 0 Å². The molecule has 1 aromatic rings. The summed E-state index contributed by atoms with van der Waals surface area (Å²) in [5.41, 5.74) is 2.26. The molecule has 4 nitrogen and oxygen atoms in total. The van der Waals surface area contributed by atoms with E-state index in [1.807, 2.05) is 19.9 Å². The number of aryl methyl sites for hydroxylation is 1. The van der Waals surface area contributed by atoms with Gasteiger partial charge in [0.25, 0.3) is 0 Å². The first-order valence-corrected chi connectivity index (χ1v) is 7.18. The maximum atomic E-state index is 11.6. The summed E-state index contributed by atoms with van der Waals surface area (Å²) in [4.78, 5) is 10.9. The van der Waals surface area contributed by atoms with E-state index >= 15 is 0 Å². The number of hydrogen-bond acceptors (Lipinski definition) is 3. The molecule has 0 radical (unpaired) electrons. The van der Waals surface area contributed by atoms with Crippen molar-refractivity contribution in [3.05, 3.63) is 29.3 Å². The van der Waals surface area contributed by atoms with Crippen LogP contribution in [0.1, 0.15) is 11.1 Å². The molecule has 0 bridgehead atoms. The predicted octanol–water partition coefficient (Wildman–Crippen LogP) is 1.83. The third kappa shape index (κ3) is 3.44. The summed E-state index contributed by atoms with van der Waals surface area (Å²) in [7, 11) is -3.52. The van der Waals surface area contributed by atoms with Crippen molar-refractivity contribution in [3.8, 4) is 0 Å². The molecule has 0 amide bonds. The molecule has 0 heterocycles. The van der Waals surface area contributed by atoms with Gasteiger partial charge in [0.15, 0.2) is 0 Å². The molecule has 17 heavy (non-hydrogen) atoms. The lowest BCUT2D eigenvalue weighted by atomic mass is 10.1. The SMILES string of the molecule is Cc1cccc(N(CC(=O)Cl)S(C)(=O)=O)c1C. The van der Waals surface area contributed by atoms with Crippen molar-refractivity contribution in [3.63, 3.8) is 0 Å². The van der Waals surface area contributed by atoms with Crippen molar-refractivity contribution in [1.82, 2.24) is 0 Å². The minimum atomic E-state index is -3.52. The summed E-state index contributed by atoms with van der Waals surface area (Å²) in [6.45, 7) is 3.33. The second-order valence-electron chi connectivity index (χ2n) is 3.84. The van der Waals surface area contributed by atoms with Crippen LogP contribution in [0.3, 0.4) is 0 Å². The molecule has 0 unspecified atom stereocenters. The number of rotatable bonds is 4. The number of benzene rings is 1. The highest BCUT2D eigenvalue weighted by atomic mass is 35.5. The van der Waals surface area contributed by atoms with Crippen LogP contribution in [0.4, 0.5) is 5.69 Å². The minimum Gasteiger partial charge on any atom is -0.279 e. The van der Waals surface area contributed by atoms with Crippen molar-refractivity contribution in [2.45, 2.75) is 13.8 Å². The van der Waals surface area contributed by atoms with Gasteiger partial charge in [-0.3, -0.25) is 9.10 Å². The van der Waals surface area contributed by atoms with E-state index in [0.29, 0.717) is 5.69 Å². The van der Waals surface area contributed by atoms with Gasteiger partial charge >= 0.3 is 0 Å². The van der Waals surface area contributed by atoms with E-state index in [0.717, 1.165) is 21.7 Å². The fourth-order valence-electron chi connectivity index (χ4n) is 1.50. The minimum absolute atomic E-state index is 0.356. The van der Waals surface area contributed by atoms with Gasteiger partial charge in [0.1, 0.15) is 6.54 Å². The lowest BCUT2D eigenvalue weighted by molar-refractivity contribution is -0.110. The van der Waals surface area contributed by atoms with Crippen molar-refractivity contribution in [2.24, 2.45) is 0 Å². The smallest absolute Gasteiger partial charge is 0.242 e. The molecule has 0 aromatic heterocycles. The Bertz CT molecular complexity index is 540. The molecule has 94 valence electrons. The number of anilines is 1. The maximum Gasteiger partial charge on any atom is 0.242 e. The summed E-state index contributed by atoms with van der Waals surface area (Å²) in [5.74, 6) is 0. The largest absolute Gasteiger partial charge is 0.279 e. The van der Waals surface area contributed by atoms with Crippen LogP contribution in [0.25, 0.3) is 0 Å². The second-order valence-corrected chi connectivity index (χ2v) is 6.17. The zero-order valence-electron chi connectivity index (χ0n) is 9.90. The fourth-order valence-corrected chi connectivity index (χ4v) is 2.60. The van der Waals surface area contributed by atoms with Crippen LogP contribution in [0.5, 0.6) is 0 Å². The molecule has 1 rings (SSSR count). The lowest BCUT2D eigenvalue weighted by Gasteiger charge is -2.23.